The SMILES string of the molecule is CCCN(C)CC(C)(NC1CC1)C(=O)OCC. The highest BCUT2D eigenvalue weighted by Gasteiger charge is 2.40. The Morgan fingerprint density at radius 3 is 2.59 bits per heavy atom. The van der Waals surface area contributed by atoms with Crippen molar-refractivity contribution in [2.45, 2.75) is 51.6 Å². The molecule has 0 amide bonds. The van der Waals surface area contributed by atoms with Crippen molar-refractivity contribution >= 4 is 5.97 Å². The fraction of sp³-hybridized carbons (Fsp3) is 0.923. The van der Waals surface area contributed by atoms with Crippen molar-refractivity contribution in [2.75, 3.05) is 26.7 Å². The molecule has 0 aromatic carbocycles. The molecule has 1 rings (SSSR count). The molecule has 4 heteroatoms. The van der Waals surface area contributed by atoms with Gasteiger partial charge in [-0.15, -0.1) is 0 Å². The van der Waals surface area contributed by atoms with Crippen molar-refractivity contribution in [2.24, 2.45) is 0 Å². The number of rotatable bonds is 8. The predicted octanol–water partition coefficient (Wildman–Crippen LogP) is 1.40. The maximum Gasteiger partial charge on any atom is 0.327 e. The summed E-state index contributed by atoms with van der Waals surface area (Å²) >= 11 is 0. The number of nitrogens with zero attached hydrogens (tertiary/aromatic N) is 1. The molecular weight excluding hydrogens is 216 g/mol. The van der Waals surface area contributed by atoms with Gasteiger partial charge in [-0.05, 0) is 46.7 Å². The van der Waals surface area contributed by atoms with Crippen LogP contribution in [-0.4, -0.2) is 49.2 Å². The highest BCUT2D eigenvalue weighted by atomic mass is 16.5. The van der Waals surface area contributed by atoms with E-state index in [0.29, 0.717) is 19.2 Å². The minimum absolute atomic E-state index is 0.130. The van der Waals surface area contributed by atoms with Gasteiger partial charge in [0.2, 0.25) is 0 Å². The monoisotopic (exact) mass is 242 g/mol. The summed E-state index contributed by atoms with van der Waals surface area (Å²) in [5, 5.41) is 3.43. The van der Waals surface area contributed by atoms with Gasteiger partial charge in [0.05, 0.1) is 6.61 Å². The Morgan fingerprint density at radius 2 is 2.12 bits per heavy atom. The minimum Gasteiger partial charge on any atom is -0.465 e. The van der Waals surface area contributed by atoms with Gasteiger partial charge < -0.3 is 9.64 Å². The van der Waals surface area contributed by atoms with E-state index in [0.717, 1.165) is 13.0 Å². The molecule has 0 bridgehead atoms. The van der Waals surface area contributed by atoms with E-state index < -0.39 is 5.54 Å². The number of esters is 1. The van der Waals surface area contributed by atoms with E-state index in [1.165, 1.54) is 12.8 Å². The van der Waals surface area contributed by atoms with Gasteiger partial charge in [-0.3, -0.25) is 10.1 Å². The van der Waals surface area contributed by atoms with E-state index in [2.05, 4.69) is 24.2 Å². The van der Waals surface area contributed by atoms with Gasteiger partial charge in [0.15, 0.2) is 0 Å². The maximum absolute atomic E-state index is 12.1. The Labute approximate surface area is 105 Å². The lowest BCUT2D eigenvalue weighted by atomic mass is 10.0. The molecule has 0 heterocycles. The summed E-state index contributed by atoms with van der Waals surface area (Å²) in [6.45, 7) is 8.10. The second-order valence-electron chi connectivity index (χ2n) is 5.21. The molecule has 1 aliphatic rings. The number of hydrogen-bond donors (Lipinski definition) is 1. The van der Waals surface area contributed by atoms with E-state index in [1.54, 1.807) is 0 Å². The topological polar surface area (TPSA) is 41.6 Å². The molecule has 0 radical (unpaired) electrons. The van der Waals surface area contributed by atoms with Crippen molar-refractivity contribution in [3.8, 4) is 0 Å². The minimum atomic E-state index is -0.568. The van der Waals surface area contributed by atoms with Gasteiger partial charge in [-0.25, -0.2) is 0 Å². The second-order valence-corrected chi connectivity index (χ2v) is 5.21. The Hall–Kier alpha value is -0.610. The third kappa shape index (κ3) is 4.64. The van der Waals surface area contributed by atoms with Gasteiger partial charge in [-0.2, -0.15) is 0 Å². The molecule has 1 unspecified atom stereocenters. The normalized spacial score (nSPS) is 19.1. The predicted molar refractivity (Wildman–Crippen MR) is 69.0 cm³/mol. The highest BCUT2D eigenvalue weighted by Crippen LogP contribution is 2.23. The van der Waals surface area contributed by atoms with Crippen LogP contribution in [0.4, 0.5) is 0 Å². The van der Waals surface area contributed by atoms with Crippen LogP contribution in [0.3, 0.4) is 0 Å². The van der Waals surface area contributed by atoms with Crippen molar-refractivity contribution in [1.29, 1.82) is 0 Å². The molecule has 0 aromatic heterocycles. The number of carbonyl (C=O) groups excluding carboxylic acids is 1. The molecule has 1 aliphatic carbocycles. The molecule has 0 aromatic rings. The second kappa shape index (κ2) is 6.36. The first kappa shape index (κ1) is 14.5. The lowest BCUT2D eigenvalue weighted by Gasteiger charge is -2.32. The fourth-order valence-corrected chi connectivity index (χ4v) is 2.14. The van der Waals surface area contributed by atoms with E-state index in [-0.39, 0.29) is 5.97 Å². The van der Waals surface area contributed by atoms with E-state index in [4.69, 9.17) is 4.74 Å². The van der Waals surface area contributed by atoms with Crippen LogP contribution in [0.15, 0.2) is 0 Å². The Bertz CT molecular complexity index is 254. The Morgan fingerprint density at radius 1 is 1.47 bits per heavy atom. The van der Waals surface area contributed by atoms with Gasteiger partial charge in [-0.1, -0.05) is 6.92 Å². The molecule has 1 atom stereocenters. The van der Waals surface area contributed by atoms with Crippen LogP contribution >= 0.6 is 0 Å². The van der Waals surface area contributed by atoms with Crippen molar-refractivity contribution in [3.05, 3.63) is 0 Å². The summed E-state index contributed by atoms with van der Waals surface area (Å²) in [7, 11) is 2.05. The van der Waals surface area contributed by atoms with Crippen LogP contribution in [-0.2, 0) is 9.53 Å². The Balaban J connectivity index is 2.59. The summed E-state index contributed by atoms with van der Waals surface area (Å²) in [6.07, 6.45) is 3.44. The third-order valence-corrected chi connectivity index (χ3v) is 3.02. The molecule has 1 saturated carbocycles. The average Bonchev–Trinajstić information content (AvgIpc) is 3.02. The quantitative estimate of drug-likeness (QED) is 0.653. The largest absolute Gasteiger partial charge is 0.465 e. The zero-order valence-electron chi connectivity index (χ0n) is 11.6. The number of nitrogens with one attached hydrogen (secondary N) is 1. The zero-order valence-corrected chi connectivity index (χ0v) is 11.6. The molecule has 4 nitrogen and oxygen atoms in total. The maximum atomic E-state index is 12.1. The van der Waals surface area contributed by atoms with Crippen molar-refractivity contribution < 1.29 is 9.53 Å². The summed E-state index contributed by atoms with van der Waals surface area (Å²) in [4.78, 5) is 14.2. The summed E-state index contributed by atoms with van der Waals surface area (Å²) in [5.74, 6) is -0.130. The lowest BCUT2D eigenvalue weighted by Crippen LogP contribution is -2.57. The average molecular weight is 242 g/mol. The molecule has 17 heavy (non-hydrogen) atoms. The molecule has 100 valence electrons. The number of ether oxygens (including phenoxy) is 1. The first-order chi connectivity index (χ1) is 8.01. The van der Waals surface area contributed by atoms with E-state index in [9.17, 15) is 4.79 Å². The van der Waals surface area contributed by atoms with Crippen LogP contribution in [0, 0.1) is 0 Å². The van der Waals surface area contributed by atoms with Gasteiger partial charge in [0.25, 0.3) is 0 Å². The third-order valence-electron chi connectivity index (χ3n) is 3.02. The van der Waals surface area contributed by atoms with Gasteiger partial charge >= 0.3 is 5.97 Å². The number of hydrogen-bond acceptors (Lipinski definition) is 4. The van der Waals surface area contributed by atoms with Crippen LogP contribution in [0.2, 0.25) is 0 Å². The van der Waals surface area contributed by atoms with Crippen LogP contribution in [0.25, 0.3) is 0 Å². The van der Waals surface area contributed by atoms with Crippen LogP contribution in [0.5, 0.6) is 0 Å². The lowest BCUT2D eigenvalue weighted by molar-refractivity contribution is -0.151. The van der Waals surface area contributed by atoms with Gasteiger partial charge in [0.1, 0.15) is 5.54 Å². The summed E-state index contributed by atoms with van der Waals surface area (Å²) in [6, 6.07) is 0.499. The molecule has 0 spiro atoms. The molecular formula is C13H26N2O2. The first-order valence-corrected chi connectivity index (χ1v) is 6.65. The van der Waals surface area contributed by atoms with Gasteiger partial charge in [0, 0.05) is 12.6 Å². The van der Waals surface area contributed by atoms with Crippen molar-refractivity contribution in [3.63, 3.8) is 0 Å². The molecule has 1 fully saturated rings. The molecule has 0 saturated heterocycles. The highest BCUT2D eigenvalue weighted by molar-refractivity contribution is 5.80. The number of likely N-dealkylation sites (N-methyl/N-ethyl adjacent to an activating group) is 1. The van der Waals surface area contributed by atoms with Crippen LogP contribution < -0.4 is 5.32 Å². The first-order valence-electron chi connectivity index (χ1n) is 6.65. The smallest absolute Gasteiger partial charge is 0.327 e. The fourth-order valence-electron chi connectivity index (χ4n) is 2.14. The van der Waals surface area contributed by atoms with E-state index in [1.807, 2.05) is 13.8 Å². The van der Waals surface area contributed by atoms with E-state index >= 15 is 0 Å². The molecule has 1 N–H and O–H groups in total. The summed E-state index contributed by atoms with van der Waals surface area (Å²) < 4.78 is 5.19. The Kier molecular flexibility index (Phi) is 5.40. The standard InChI is InChI=1S/C13H26N2O2/c1-5-9-15(4)10-13(3,12(16)17-6-2)14-11-7-8-11/h11,14H,5-10H2,1-4H3. The van der Waals surface area contributed by atoms with Crippen LogP contribution in [0.1, 0.15) is 40.0 Å². The van der Waals surface area contributed by atoms with Crippen molar-refractivity contribution in [1.82, 2.24) is 10.2 Å². The zero-order chi connectivity index (χ0) is 12.9. The number of carbonyl (C=O) groups is 1. The molecule has 0 aliphatic heterocycles. The summed E-state index contributed by atoms with van der Waals surface area (Å²) in [5.41, 5.74) is -0.568.